The van der Waals surface area contributed by atoms with Crippen molar-refractivity contribution < 1.29 is 9.21 Å². The van der Waals surface area contributed by atoms with Crippen molar-refractivity contribution in [2.75, 3.05) is 5.32 Å². The fraction of sp³-hybridized carbons (Fsp3) is 0.348. The zero-order valence-electron chi connectivity index (χ0n) is 18.0. The molecule has 0 aliphatic heterocycles. The molecule has 3 heterocycles. The van der Waals surface area contributed by atoms with E-state index < -0.39 is 0 Å². The quantitative estimate of drug-likeness (QED) is 0.519. The van der Waals surface area contributed by atoms with Gasteiger partial charge < -0.3 is 9.73 Å². The predicted octanol–water partition coefficient (Wildman–Crippen LogP) is 4.67. The van der Waals surface area contributed by atoms with Crippen LogP contribution in [-0.4, -0.2) is 30.9 Å². The third-order valence-corrected chi connectivity index (χ3v) is 5.44. The van der Waals surface area contributed by atoms with Gasteiger partial charge >= 0.3 is 0 Å². The van der Waals surface area contributed by atoms with Crippen LogP contribution in [-0.2, 0) is 5.54 Å². The smallest absolute Gasteiger partial charge is 0.256 e. The van der Waals surface area contributed by atoms with E-state index in [2.05, 4.69) is 36.3 Å². The molecule has 31 heavy (non-hydrogen) atoms. The standard InChI is InChI=1S/C23H24N6O2/c1-13-19-17(11-18(14-8-9-14)26-20(19)29(28-13)23(2,3)4)21(30)25-16-7-5-6-15(10-16)22-27-24-12-31-22/h5-7,10-12,14H,8-9H2,1-4H3,(H,25,30). The number of hydrogen-bond acceptors (Lipinski definition) is 6. The number of aromatic nitrogens is 5. The van der Waals surface area contributed by atoms with Crippen LogP contribution in [0.1, 0.15) is 61.3 Å². The Morgan fingerprint density at radius 3 is 2.71 bits per heavy atom. The second-order valence-electron chi connectivity index (χ2n) is 9.01. The van der Waals surface area contributed by atoms with Gasteiger partial charge in [0.15, 0.2) is 5.65 Å². The van der Waals surface area contributed by atoms with Crippen LogP contribution in [0.3, 0.4) is 0 Å². The normalized spacial score (nSPS) is 14.2. The van der Waals surface area contributed by atoms with E-state index in [1.54, 1.807) is 0 Å². The maximum Gasteiger partial charge on any atom is 0.256 e. The molecule has 4 aromatic rings. The molecule has 1 aliphatic carbocycles. The minimum Gasteiger partial charge on any atom is -0.423 e. The molecule has 0 spiro atoms. The summed E-state index contributed by atoms with van der Waals surface area (Å²) < 4.78 is 7.19. The van der Waals surface area contributed by atoms with Crippen LogP contribution in [0.15, 0.2) is 41.1 Å². The summed E-state index contributed by atoms with van der Waals surface area (Å²) in [5, 5.41) is 16.2. The molecule has 1 amide bonds. The van der Waals surface area contributed by atoms with Crippen molar-refractivity contribution in [1.82, 2.24) is 25.0 Å². The number of anilines is 1. The summed E-state index contributed by atoms with van der Waals surface area (Å²) in [4.78, 5) is 18.3. The van der Waals surface area contributed by atoms with E-state index in [1.807, 2.05) is 41.9 Å². The number of rotatable bonds is 4. The maximum absolute atomic E-state index is 13.4. The van der Waals surface area contributed by atoms with Crippen LogP contribution < -0.4 is 5.32 Å². The minimum atomic E-state index is -0.242. The lowest BCUT2D eigenvalue weighted by atomic mass is 10.1. The molecule has 5 rings (SSSR count). The second-order valence-corrected chi connectivity index (χ2v) is 9.01. The number of nitrogens with one attached hydrogen (secondary N) is 1. The van der Waals surface area contributed by atoms with Gasteiger partial charge in [-0.1, -0.05) is 6.07 Å². The fourth-order valence-corrected chi connectivity index (χ4v) is 3.77. The Bertz CT molecular complexity index is 1280. The first-order valence-corrected chi connectivity index (χ1v) is 10.4. The van der Waals surface area contributed by atoms with E-state index in [4.69, 9.17) is 14.5 Å². The summed E-state index contributed by atoms with van der Waals surface area (Å²) in [6.45, 7) is 8.20. The Morgan fingerprint density at radius 2 is 2.03 bits per heavy atom. The minimum absolute atomic E-state index is 0.187. The van der Waals surface area contributed by atoms with E-state index in [0.29, 0.717) is 23.1 Å². The van der Waals surface area contributed by atoms with Gasteiger partial charge in [-0.3, -0.25) is 4.79 Å². The van der Waals surface area contributed by atoms with Gasteiger partial charge in [0, 0.05) is 22.9 Å². The van der Waals surface area contributed by atoms with Crippen molar-refractivity contribution in [2.24, 2.45) is 0 Å². The predicted molar refractivity (Wildman–Crippen MR) is 117 cm³/mol. The number of aryl methyl sites for hydroxylation is 1. The van der Waals surface area contributed by atoms with Gasteiger partial charge in [0.2, 0.25) is 12.3 Å². The Balaban J connectivity index is 1.57. The van der Waals surface area contributed by atoms with Crippen molar-refractivity contribution in [3.05, 3.63) is 53.7 Å². The molecule has 1 N–H and O–H groups in total. The van der Waals surface area contributed by atoms with Gasteiger partial charge in [0.1, 0.15) is 0 Å². The van der Waals surface area contributed by atoms with E-state index in [0.717, 1.165) is 40.8 Å². The Morgan fingerprint density at radius 1 is 1.23 bits per heavy atom. The molecular formula is C23H24N6O2. The molecule has 158 valence electrons. The number of pyridine rings is 1. The van der Waals surface area contributed by atoms with E-state index in [9.17, 15) is 4.79 Å². The Kier molecular flexibility index (Phi) is 4.39. The number of benzene rings is 1. The first-order chi connectivity index (χ1) is 14.8. The molecule has 1 aliphatic rings. The van der Waals surface area contributed by atoms with Crippen molar-refractivity contribution in [2.45, 2.75) is 52.0 Å². The highest BCUT2D eigenvalue weighted by Crippen LogP contribution is 2.41. The number of carbonyl (C=O) groups is 1. The molecule has 1 aromatic carbocycles. The summed E-state index contributed by atoms with van der Waals surface area (Å²) in [5.41, 5.74) is 4.27. The SMILES string of the molecule is Cc1nn(C(C)(C)C)c2nc(C3CC3)cc(C(=O)Nc3cccc(-c4nnco4)c3)c12. The first-order valence-electron chi connectivity index (χ1n) is 10.4. The van der Waals surface area contributed by atoms with Crippen LogP contribution in [0.2, 0.25) is 0 Å². The van der Waals surface area contributed by atoms with Crippen molar-refractivity contribution >= 4 is 22.6 Å². The van der Waals surface area contributed by atoms with Gasteiger partial charge in [-0.05, 0) is 64.8 Å². The topological polar surface area (TPSA) is 98.7 Å². The average Bonchev–Trinajstić information content (AvgIpc) is 3.31. The van der Waals surface area contributed by atoms with Crippen LogP contribution in [0.4, 0.5) is 5.69 Å². The summed E-state index contributed by atoms with van der Waals surface area (Å²) in [6.07, 6.45) is 3.49. The van der Waals surface area contributed by atoms with Gasteiger partial charge in [0.25, 0.3) is 5.91 Å². The fourth-order valence-electron chi connectivity index (χ4n) is 3.77. The molecule has 0 bridgehead atoms. The number of carbonyl (C=O) groups excluding carboxylic acids is 1. The highest BCUT2D eigenvalue weighted by atomic mass is 16.4. The average molecular weight is 416 g/mol. The lowest BCUT2D eigenvalue weighted by molar-refractivity contribution is 0.102. The molecule has 0 saturated heterocycles. The van der Waals surface area contributed by atoms with Gasteiger partial charge in [-0.2, -0.15) is 5.10 Å². The summed E-state index contributed by atoms with van der Waals surface area (Å²) in [6, 6.07) is 9.28. The monoisotopic (exact) mass is 416 g/mol. The van der Waals surface area contributed by atoms with E-state index >= 15 is 0 Å². The highest BCUT2D eigenvalue weighted by molar-refractivity contribution is 6.12. The van der Waals surface area contributed by atoms with Crippen LogP contribution in [0, 0.1) is 6.92 Å². The Hall–Kier alpha value is -3.55. The highest BCUT2D eigenvalue weighted by Gasteiger charge is 2.30. The third kappa shape index (κ3) is 3.58. The molecule has 0 radical (unpaired) electrons. The Labute approximate surface area is 179 Å². The molecule has 8 nitrogen and oxygen atoms in total. The molecule has 0 unspecified atom stereocenters. The molecule has 1 fully saturated rings. The number of amides is 1. The summed E-state index contributed by atoms with van der Waals surface area (Å²) in [7, 11) is 0. The second kappa shape index (κ2) is 7.01. The molecular weight excluding hydrogens is 392 g/mol. The molecule has 3 aromatic heterocycles. The molecule has 0 atom stereocenters. The number of nitrogens with zero attached hydrogens (tertiary/aromatic N) is 5. The maximum atomic E-state index is 13.4. The zero-order chi connectivity index (χ0) is 21.8. The van der Waals surface area contributed by atoms with Crippen LogP contribution in [0.5, 0.6) is 0 Å². The molecule has 1 saturated carbocycles. The van der Waals surface area contributed by atoms with E-state index in [1.165, 1.54) is 6.39 Å². The van der Waals surface area contributed by atoms with Crippen molar-refractivity contribution in [3.8, 4) is 11.5 Å². The van der Waals surface area contributed by atoms with Gasteiger partial charge in [0.05, 0.1) is 22.2 Å². The lowest BCUT2D eigenvalue weighted by Crippen LogP contribution is -2.23. The van der Waals surface area contributed by atoms with Crippen LogP contribution >= 0.6 is 0 Å². The number of hydrogen-bond donors (Lipinski definition) is 1. The molecule has 8 heteroatoms. The summed E-state index contributed by atoms with van der Waals surface area (Å²) in [5.74, 6) is 0.634. The van der Waals surface area contributed by atoms with Crippen molar-refractivity contribution in [1.29, 1.82) is 0 Å². The van der Waals surface area contributed by atoms with Gasteiger partial charge in [-0.25, -0.2) is 9.67 Å². The third-order valence-electron chi connectivity index (χ3n) is 5.44. The van der Waals surface area contributed by atoms with E-state index in [-0.39, 0.29) is 11.4 Å². The van der Waals surface area contributed by atoms with Crippen LogP contribution in [0.25, 0.3) is 22.5 Å². The van der Waals surface area contributed by atoms with Gasteiger partial charge in [-0.15, -0.1) is 10.2 Å². The largest absolute Gasteiger partial charge is 0.423 e. The number of fused-ring (bicyclic) bond motifs is 1. The summed E-state index contributed by atoms with van der Waals surface area (Å²) >= 11 is 0. The lowest BCUT2D eigenvalue weighted by Gasteiger charge is -2.20. The van der Waals surface area contributed by atoms with Crippen molar-refractivity contribution in [3.63, 3.8) is 0 Å². The zero-order valence-corrected chi connectivity index (χ0v) is 18.0. The first kappa shape index (κ1) is 19.4.